The standard InChI is InChI=1S/C21H17NO3/c23-16-8-6-15(7-9-16)22-12-19(14-4-2-1-3-5-14)18-10-17(24)11-21(25)20(18)13-22/h1-12,23-25H,13H2. The minimum Gasteiger partial charge on any atom is -0.508 e. The number of hydrogen-bond acceptors (Lipinski definition) is 4. The Kier molecular flexibility index (Phi) is 3.58. The Morgan fingerprint density at radius 2 is 1.48 bits per heavy atom. The van der Waals surface area contributed by atoms with Gasteiger partial charge >= 0.3 is 0 Å². The van der Waals surface area contributed by atoms with E-state index in [-0.39, 0.29) is 17.2 Å². The molecular weight excluding hydrogens is 314 g/mol. The quantitative estimate of drug-likeness (QED) is 0.658. The maximum atomic E-state index is 10.4. The number of fused-ring (bicyclic) bond motifs is 1. The summed E-state index contributed by atoms with van der Waals surface area (Å²) in [5.41, 5.74) is 4.40. The molecule has 3 N–H and O–H groups in total. The monoisotopic (exact) mass is 331 g/mol. The molecule has 4 nitrogen and oxygen atoms in total. The van der Waals surface area contributed by atoms with Gasteiger partial charge in [-0.15, -0.1) is 0 Å². The molecule has 0 saturated carbocycles. The second-order valence-corrected chi connectivity index (χ2v) is 6.04. The van der Waals surface area contributed by atoms with Crippen molar-refractivity contribution in [3.05, 3.63) is 89.6 Å². The third kappa shape index (κ3) is 2.78. The Labute approximate surface area is 145 Å². The number of phenols is 3. The van der Waals surface area contributed by atoms with Gasteiger partial charge < -0.3 is 20.2 Å². The van der Waals surface area contributed by atoms with Crippen LogP contribution in [0.5, 0.6) is 17.2 Å². The van der Waals surface area contributed by atoms with Crippen LogP contribution < -0.4 is 4.90 Å². The van der Waals surface area contributed by atoms with E-state index in [1.165, 1.54) is 6.07 Å². The number of anilines is 1. The van der Waals surface area contributed by atoms with Crippen molar-refractivity contribution in [1.82, 2.24) is 0 Å². The first kappa shape index (κ1) is 15.1. The number of phenolic OH excluding ortho intramolecular Hbond substituents is 3. The second-order valence-electron chi connectivity index (χ2n) is 6.04. The minimum atomic E-state index is 0.0381. The molecule has 4 rings (SSSR count). The third-order valence-electron chi connectivity index (χ3n) is 4.38. The van der Waals surface area contributed by atoms with Gasteiger partial charge in [0, 0.05) is 29.1 Å². The molecular formula is C21H17NO3. The molecule has 25 heavy (non-hydrogen) atoms. The van der Waals surface area contributed by atoms with Crippen molar-refractivity contribution in [1.29, 1.82) is 0 Å². The van der Waals surface area contributed by atoms with Crippen LogP contribution in [0, 0.1) is 0 Å². The SMILES string of the molecule is Oc1ccc(N2C=C(c3ccccc3)c3cc(O)cc(O)c3C2)cc1. The molecule has 1 aliphatic heterocycles. The summed E-state index contributed by atoms with van der Waals surface area (Å²) in [6.07, 6.45) is 2.00. The minimum absolute atomic E-state index is 0.0381. The summed E-state index contributed by atoms with van der Waals surface area (Å²) >= 11 is 0. The molecule has 3 aromatic rings. The molecule has 0 amide bonds. The van der Waals surface area contributed by atoms with Gasteiger partial charge in [-0.2, -0.15) is 0 Å². The van der Waals surface area contributed by atoms with Gasteiger partial charge in [0.25, 0.3) is 0 Å². The van der Waals surface area contributed by atoms with Crippen LogP contribution in [0.2, 0.25) is 0 Å². The first-order valence-corrected chi connectivity index (χ1v) is 8.00. The lowest BCUT2D eigenvalue weighted by Crippen LogP contribution is -2.21. The summed E-state index contributed by atoms with van der Waals surface area (Å²) in [5, 5.41) is 29.8. The van der Waals surface area contributed by atoms with Crippen LogP contribution in [0.15, 0.2) is 72.9 Å². The first-order valence-electron chi connectivity index (χ1n) is 8.00. The van der Waals surface area contributed by atoms with Crippen LogP contribution in [0.3, 0.4) is 0 Å². The Hall–Kier alpha value is -3.40. The predicted molar refractivity (Wildman–Crippen MR) is 97.6 cm³/mol. The van der Waals surface area contributed by atoms with Crippen LogP contribution in [0.1, 0.15) is 16.7 Å². The maximum absolute atomic E-state index is 10.4. The number of hydrogen-bond donors (Lipinski definition) is 3. The van der Waals surface area contributed by atoms with Crippen LogP contribution in [-0.4, -0.2) is 15.3 Å². The average Bonchev–Trinajstić information content (AvgIpc) is 2.62. The van der Waals surface area contributed by atoms with Gasteiger partial charge in [-0.3, -0.25) is 0 Å². The Morgan fingerprint density at radius 3 is 2.20 bits per heavy atom. The van der Waals surface area contributed by atoms with E-state index in [0.29, 0.717) is 6.54 Å². The Morgan fingerprint density at radius 1 is 0.760 bits per heavy atom. The lowest BCUT2D eigenvalue weighted by molar-refractivity contribution is 0.445. The van der Waals surface area contributed by atoms with Crippen LogP contribution in [0.4, 0.5) is 5.69 Å². The number of rotatable bonds is 2. The van der Waals surface area contributed by atoms with Gasteiger partial charge in [-0.05, 0) is 41.5 Å². The van der Waals surface area contributed by atoms with E-state index in [9.17, 15) is 15.3 Å². The predicted octanol–water partition coefficient (Wildman–Crippen LogP) is 4.21. The van der Waals surface area contributed by atoms with Gasteiger partial charge in [-0.25, -0.2) is 0 Å². The van der Waals surface area contributed by atoms with Crippen LogP contribution in [0.25, 0.3) is 5.57 Å². The van der Waals surface area contributed by atoms with E-state index in [1.54, 1.807) is 18.2 Å². The van der Waals surface area contributed by atoms with Crippen molar-refractivity contribution in [3.8, 4) is 17.2 Å². The van der Waals surface area contributed by atoms with Crippen LogP contribution in [-0.2, 0) is 6.54 Å². The number of nitrogens with zero attached hydrogens (tertiary/aromatic N) is 1. The molecule has 0 saturated heterocycles. The molecule has 4 heteroatoms. The highest BCUT2D eigenvalue weighted by molar-refractivity contribution is 5.86. The highest BCUT2D eigenvalue weighted by Gasteiger charge is 2.23. The van der Waals surface area contributed by atoms with Gasteiger partial charge in [0.2, 0.25) is 0 Å². The van der Waals surface area contributed by atoms with Crippen molar-refractivity contribution in [2.45, 2.75) is 6.54 Å². The van der Waals surface area contributed by atoms with Gasteiger partial charge in [0.05, 0.1) is 6.54 Å². The molecule has 0 aromatic heterocycles. The summed E-state index contributed by atoms with van der Waals surface area (Å²) in [4.78, 5) is 2.01. The normalized spacial score (nSPS) is 13.3. The van der Waals surface area contributed by atoms with Gasteiger partial charge in [0.15, 0.2) is 0 Å². The molecule has 0 aliphatic carbocycles. The molecule has 1 aliphatic rings. The molecule has 0 atom stereocenters. The van der Waals surface area contributed by atoms with Crippen molar-refractivity contribution in [2.24, 2.45) is 0 Å². The Balaban J connectivity index is 1.89. The number of aromatic hydroxyl groups is 3. The molecule has 0 bridgehead atoms. The second kappa shape index (κ2) is 5.91. The zero-order valence-corrected chi connectivity index (χ0v) is 13.4. The van der Waals surface area contributed by atoms with E-state index < -0.39 is 0 Å². The summed E-state index contributed by atoms with van der Waals surface area (Å²) in [7, 11) is 0. The van der Waals surface area contributed by atoms with Crippen molar-refractivity contribution >= 4 is 11.3 Å². The molecule has 0 unspecified atom stereocenters. The fourth-order valence-electron chi connectivity index (χ4n) is 3.15. The van der Waals surface area contributed by atoms with E-state index >= 15 is 0 Å². The first-order chi connectivity index (χ1) is 12.1. The lowest BCUT2D eigenvalue weighted by atomic mass is 9.90. The van der Waals surface area contributed by atoms with E-state index in [4.69, 9.17) is 0 Å². The summed E-state index contributed by atoms with van der Waals surface area (Å²) in [6, 6.07) is 19.8. The molecule has 124 valence electrons. The highest BCUT2D eigenvalue weighted by Crippen LogP contribution is 2.40. The number of benzene rings is 3. The summed E-state index contributed by atoms with van der Waals surface area (Å²) < 4.78 is 0. The van der Waals surface area contributed by atoms with Crippen LogP contribution >= 0.6 is 0 Å². The van der Waals surface area contributed by atoms with E-state index in [0.717, 1.165) is 28.0 Å². The molecule has 0 spiro atoms. The fourth-order valence-corrected chi connectivity index (χ4v) is 3.15. The molecule has 1 heterocycles. The zero-order valence-electron chi connectivity index (χ0n) is 13.4. The van der Waals surface area contributed by atoms with Gasteiger partial charge in [-0.1, -0.05) is 30.3 Å². The Bertz CT molecular complexity index is 947. The van der Waals surface area contributed by atoms with Crippen molar-refractivity contribution in [2.75, 3.05) is 4.90 Å². The van der Waals surface area contributed by atoms with Gasteiger partial charge in [0.1, 0.15) is 17.2 Å². The largest absolute Gasteiger partial charge is 0.508 e. The molecule has 3 aromatic carbocycles. The van der Waals surface area contributed by atoms with E-state index in [1.807, 2.05) is 53.6 Å². The molecule has 0 fully saturated rings. The zero-order chi connectivity index (χ0) is 17.4. The smallest absolute Gasteiger partial charge is 0.124 e. The molecule has 0 radical (unpaired) electrons. The third-order valence-corrected chi connectivity index (χ3v) is 4.38. The van der Waals surface area contributed by atoms with Crippen molar-refractivity contribution < 1.29 is 15.3 Å². The highest BCUT2D eigenvalue weighted by atomic mass is 16.3. The lowest BCUT2D eigenvalue weighted by Gasteiger charge is -2.30. The summed E-state index contributed by atoms with van der Waals surface area (Å²) in [5.74, 6) is 0.317. The fraction of sp³-hybridized carbons (Fsp3) is 0.0476. The maximum Gasteiger partial charge on any atom is 0.124 e. The average molecular weight is 331 g/mol. The van der Waals surface area contributed by atoms with Crippen molar-refractivity contribution in [3.63, 3.8) is 0 Å². The summed E-state index contributed by atoms with van der Waals surface area (Å²) in [6.45, 7) is 0.475. The van der Waals surface area contributed by atoms with E-state index in [2.05, 4.69) is 0 Å². The topological polar surface area (TPSA) is 63.9 Å².